The van der Waals surface area contributed by atoms with Crippen molar-refractivity contribution in [1.82, 2.24) is 4.90 Å². The van der Waals surface area contributed by atoms with Crippen LogP contribution in [0.15, 0.2) is 72.8 Å². The van der Waals surface area contributed by atoms with Crippen LogP contribution in [-0.2, 0) is 16.1 Å². The summed E-state index contributed by atoms with van der Waals surface area (Å²) in [5.74, 6) is 0.890. The van der Waals surface area contributed by atoms with Gasteiger partial charge in [-0.15, -0.1) is 0 Å². The SMILES string of the molecule is CCCOc1ccc(NC(=O)CC2C(=O)N(c3cccc(Cl)c3)C(=S)N2Cc2ccc(OC)cc2)cc1. The minimum absolute atomic E-state index is 0.0692. The molecule has 0 saturated carbocycles. The maximum atomic E-state index is 13.6. The largest absolute Gasteiger partial charge is 0.497 e. The number of hydrogen-bond donors (Lipinski definition) is 1. The highest BCUT2D eigenvalue weighted by atomic mass is 35.5. The molecule has 1 aliphatic heterocycles. The molecule has 37 heavy (non-hydrogen) atoms. The van der Waals surface area contributed by atoms with Crippen LogP contribution in [-0.4, -0.2) is 41.6 Å². The summed E-state index contributed by atoms with van der Waals surface area (Å²) in [6.45, 7) is 3.02. The van der Waals surface area contributed by atoms with Gasteiger partial charge >= 0.3 is 0 Å². The minimum atomic E-state index is -0.777. The Kier molecular flexibility index (Phi) is 8.63. The summed E-state index contributed by atoms with van der Waals surface area (Å²) in [5.41, 5.74) is 2.11. The first-order valence-electron chi connectivity index (χ1n) is 12.0. The van der Waals surface area contributed by atoms with Crippen molar-refractivity contribution in [1.29, 1.82) is 0 Å². The molecule has 3 aromatic rings. The monoisotopic (exact) mass is 537 g/mol. The van der Waals surface area contributed by atoms with Crippen LogP contribution < -0.4 is 19.7 Å². The Morgan fingerprint density at radius 3 is 2.41 bits per heavy atom. The van der Waals surface area contributed by atoms with Gasteiger partial charge in [-0.05, 0) is 78.8 Å². The Morgan fingerprint density at radius 2 is 1.76 bits per heavy atom. The number of carbonyl (C=O) groups is 2. The lowest BCUT2D eigenvalue weighted by molar-refractivity contribution is -0.124. The van der Waals surface area contributed by atoms with E-state index in [1.165, 1.54) is 4.90 Å². The third-order valence-electron chi connectivity index (χ3n) is 5.89. The summed E-state index contributed by atoms with van der Waals surface area (Å²) in [6.07, 6.45) is 0.843. The molecule has 1 aliphatic rings. The number of hydrogen-bond acceptors (Lipinski definition) is 5. The number of thiocarbonyl (C=S) groups is 1. The second-order valence-electron chi connectivity index (χ2n) is 8.55. The summed E-state index contributed by atoms with van der Waals surface area (Å²) in [7, 11) is 1.60. The van der Waals surface area contributed by atoms with Crippen LogP contribution in [0.3, 0.4) is 0 Å². The third kappa shape index (κ3) is 6.39. The molecule has 0 aliphatic carbocycles. The maximum absolute atomic E-state index is 13.6. The van der Waals surface area contributed by atoms with Crippen molar-refractivity contribution in [3.8, 4) is 11.5 Å². The number of rotatable bonds is 10. The lowest BCUT2D eigenvalue weighted by Gasteiger charge is -2.24. The molecule has 2 amide bonds. The number of ether oxygens (including phenoxy) is 2. The van der Waals surface area contributed by atoms with E-state index in [-0.39, 0.29) is 18.2 Å². The first-order chi connectivity index (χ1) is 17.9. The third-order valence-corrected chi connectivity index (χ3v) is 6.54. The van der Waals surface area contributed by atoms with E-state index in [1.807, 2.05) is 31.2 Å². The van der Waals surface area contributed by atoms with Crippen LogP contribution >= 0.6 is 23.8 Å². The summed E-state index contributed by atoms with van der Waals surface area (Å²) >= 11 is 11.9. The van der Waals surface area contributed by atoms with Gasteiger partial charge in [-0.2, -0.15) is 0 Å². The summed E-state index contributed by atoms with van der Waals surface area (Å²) in [4.78, 5) is 29.9. The van der Waals surface area contributed by atoms with Crippen molar-refractivity contribution >= 4 is 52.1 Å². The second kappa shape index (κ2) is 12.1. The van der Waals surface area contributed by atoms with Crippen LogP contribution in [0.2, 0.25) is 5.02 Å². The molecule has 1 saturated heterocycles. The lowest BCUT2D eigenvalue weighted by atomic mass is 10.1. The van der Waals surface area contributed by atoms with E-state index in [0.29, 0.717) is 34.7 Å². The Balaban J connectivity index is 1.54. The molecule has 4 rings (SSSR count). The quantitative estimate of drug-likeness (QED) is 0.336. The Hall–Kier alpha value is -3.62. The molecule has 0 radical (unpaired) electrons. The summed E-state index contributed by atoms with van der Waals surface area (Å²) < 4.78 is 10.8. The highest BCUT2D eigenvalue weighted by Gasteiger charge is 2.44. The normalized spacial score (nSPS) is 15.2. The van der Waals surface area contributed by atoms with Crippen molar-refractivity contribution in [2.45, 2.75) is 32.4 Å². The fourth-order valence-corrected chi connectivity index (χ4v) is 4.61. The van der Waals surface area contributed by atoms with Gasteiger partial charge in [0, 0.05) is 17.3 Å². The molecule has 0 aromatic heterocycles. The fourth-order valence-electron chi connectivity index (χ4n) is 4.04. The van der Waals surface area contributed by atoms with Crippen LogP contribution in [0, 0.1) is 0 Å². The van der Waals surface area contributed by atoms with E-state index < -0.39 is 6.04 Å². The number of benzene rings is 3. The van der Waals surface area contributed by atoms with E-state index >= 15 is 0 Å². The number of halogens is 1. The molecule has 7 nitrogen and oxygen atoms in total. The molecule has 1 atom stereocenters. The first-order valence-corrected chi connectivity index (χ1v) is 12.7. The topological polar surface area (TPSA) is 71.1 Å². The van der Waals surface area contributed by atoms with E-state index in [4.69, 9.17) is 33.3 Å². The van der Waals surface area contributed by atoms with Crippen molar-refractivity contribution in [2.24, 2.45) is 0 Å². The van der Waals surface area contributed by atoms with Gasteiger partial charge in [0.2, 0.25) is 5.91 Å². The number of anilines is 2. The molecule has 0 spiro atoms. The zero-order valence-corrected chi connectivity index (χ0v) is 22.2. The Bertz CT molecular complexity index is 1270. The van der Waals surface area contributed by atoms with Gasteiger partial charge < -0.3 is 19.7 Å². The fraction of sp³-hybridized carbons (Fsp3) is 0.250. The zero-order valence-electron chi connectivity index (χ0n) is 20.6. The average molecular weight is 538 g/mol. The van der Waals surface area contributed by atoms with E-state index in [2.05, 4.69) is 5.32 Å². The Labute approximate surface area is 226 Å². The Morgan fingerprint density at radius 1 is 1.05 bits per heavy atom. The predicted octanol–water partition coefficient (Wildman–Crippen LogP) is 5.67. The number of methoxy groups -OCH3 is 1. The molecule has 1 heterocycles. The lowest BCUT2D eigenvalue weighted by Crippen LogP contribution is -2.37. The minimum Gasteiger partial charge on any atom is -0.497 e. The number of amides is 2. The van der Waals surface area contributed by atoms with Gasteiger partial charge in [-0.1, -0.05) is 36.7 Å². The van der Waals surface area contributed by atoms with Gasteiger partial charge in [0.1, 0.15) is 17.5 Å². The van der Waals surface area contributed by atoms with E-state index in [0.717, 1.165) is 23.5 Å². The molecular formula is C28H28ClN3O4S. The van der Waals surface area contributed by atoms with Crippen LogP contribution in [0.1, 0.15) is 25.3 Å². The molecule has 1 unspecified atom stereocenters. The average Bonchev–Trinajstić information content (AvgIpc) is 3.12. The molecule has 9 heteroatoms. The predicted molar refractivity (Wildman–Crippen MR) is 149 cm³/mol. The smallest absolute Gasteiger partial charge is 0.256 e. The number of nitrogens with zero attached hydrogens (tertiary/aromatic N) is 2. The molecule has 0 bridgehead atoms. The summed E-state index contributed by atoms with van der Waals surface area (Å²) in [5, 5.41) is 3.68. The van der Waals surface area contributed by atoms with Gasteiger partial charge in [0.25, 0.3) is 5.91 Å². The van der Waals surface area contributed by atoms with E-state index in [9.17, 15) is 9.59 Å². The van der Waals surface area contributed by atoms with Crippen molar-refractivity contribution in [3.05, 3.63) is 83.4 Å². The van der Waals surface area contributed by atoms with E-state index in [1.54, 1.807) is 60.5 Å². The van der Waals surface area contributed by atoms with Crippen molar-refractivity contribution < 1.29 is 19.1 Å². The first kappa shape index (κ1) is 26.4. The number of carbonyl (C=O) groups excluding carboxylic acids is 2. The molecule has 192 valence electrons. The zero-order chi connectivity index (χ0) is 26.4. The molecule has 3 aromatic carbocycles. The van der Waals surface area contributed by atoms with Gasteiger partial charge in [-0.3, -0.25) is 14.5 Å². The maximum Gasteiger partial charge on any atom is 0.256 e. The van der Waals surface area contributed by atoms with Crippen molar-refractivity contribution in [2.75, 3.05) is 23.9 Å². The van der Waals surface area contributed by atoms with Gasteiger partial charge in [0.15, 0.2) is 5.11 Å². The standard InChI is InChI=1S/C28H28ClN3O4S/c1-3-15-36-24-13-9-21(10-14-24)30-26(33)17-25-27(34)32(22-6-4-5-20(29)16-22)28(37)31(25)18-19-7-11-23(35-2)12-8-19/h4-14,16,25H,3,15,17-18H2,1-2H3,(H,30,33). The summed E-state index contributed by atoms with van der Waals surface area (Å²) in [6, 6.07) is 20.8. The molecule has 1 fully saturated rings. The van der Waals surface area contributed by atoms with Gasteiger partial charge in [0.05, 0.1) is 25.8 Å². The number of nitrogens with one attached hydrogen (secondary N) is 1. The van der Waals surface area contributed by atoms with Crippen LogP contribution in [0.25, 0.3) is 0 Å². The molecular weight excluding hydrogens is 510 g/mol. The van der Waals surface area contributed by atoms with Crippen LogP contribution in [0.4, 0.5) is 11.4 Å². The van der Waals surface area contributed by atoms with Crippen molar-refractivity contribution in [3.63, 3.8) is 0 Å². The highest BCUT2D eigenvalue weighted by Crippen LogP contribution is 2.30. The second-order valence-corrected chi connectivity index (χ2v) is 9.35. The highest BCUT2D eigenvalue weighted by molar-refractivity contribution is 7.80. The van der Waals surface area contributed by atoms with Crippen LogP contribution in [0.5, 0.6) is 11.5 Å². The van der Waals surface area contributed by atoms with Gasteiger partial charge in [-0.25, -0.2) is 0 Å². The molecule has 1 N–H and O–H groups in total.